The van der Waals surface area contributed by atoms with Crippen molar-refractivity contribution in [3.63, 3.8) is 0 Å². The second-order valence-electron chi connectivity index (χ2n) is 3.24. The molecule has 0 radical (unpaired) electrons. The maximum atomic E-state index is 11.3. The zero-order chi connectivity index (χ0) is 11.8. The zero-order valence-corrected chi connectivity index (χ0v) is 9.36. The van der Waals surface area contributed by atoms with Crippen molar-refractivity contribution in [3.8, 4) is 0 Å². The number of unbranched alkanes of at least 4 members (excludes halogenated alkanes) is 1. The van der Waals surface area contributed by atoms with Crippen molar-refractivity contribution in [2.45, 2.75) is 32.3 Å². The molecular formula is C10H18O5. The first-order valence-corrected chi connectivity index (χ1v) is 4.92. The Morgan fingerprint density at radius 2 is 1.73 bits per heavy atom. The van der Waals surface area contributed by atoms with Crippen LogP contribution in [0.25, 0.3) is 0 Å². The molecule has 0 aliphatic carbocycles. The summed E-state index contributed by atoms with van der Waals surface area (Å²) in [6, 6.07) is 0. The van der Waals surface area contributed by atoms with Gasteiger partial charge in [-0.25, -0.2) is 4.79 Å². The van der Waals surface area contributed by atoms with Crippen molar-refractivity contribution in [1.82, 2.24) is 0 Å². The van der Waals surface area contributed by atoms with Crippen LogP contribution in [-0.4, -0.2) is 37.4 Å². The van der Waals surface area contributed by atoms with Crippen LogP contribution in [0.4, 0.5) is 0 Å². The number of rotatable bonds is 6. The largest absolute Gasteiger partial charge is 0.469 e. The van der Waals surface area contributed by atoms with Crippen molar-refractivity contribution in [2.24, 2.45) is 5.92 Å². The lowest BCUT2D eigenvalue weighted by Crippen LogP contribution is -2.36. The molecule has 0 saturated carbocycles. The van der Waals surface area contributed by atoms with Gasteiger partial charge in [-0.05, 0) is 6.42 Å². The van der Waals surface area contributed by atoms with Crippen LogP contribution in [-0.2, 0) is 19.1 Å². The van der Waals surface area contributed by atoms with E-state index in [4.69, 9.17) is 0 Å². The van der Waals surface area contributed by atoms with Crippen LogP contribution in [0, 0.1) is 5.92 Å². The smallest absolute Gasteiger partial charge is 0.335 e. The highest BCUT2D eigenvalue weighted by molar-refractivity contribution is 5.83. The molecule has 0 bridgehead atoms. The van der Waals surface area contributed by atoms with E-state index in [1.54, 1.807) is 0 Å². The van der Waals surface area contributed by atoms with Gasteiger partial charge in [-0.1, -0.05) is 19.8 Å². The summed E-state index contributed by atoms with van der Waals surface area (Å²) in [4.78, 5) is 22.3. The highest BCUT2D eigenvalue weighted by Gasteiger charge is 2.33. The maximum absolute atomic E-state index is 11.3. The van der Waals surface area contributed by atoms with Gasteiger partial charge in [0, 0.05) is 0 Å². The fraction of sp³-hybridized carbons (Fsp3) is 0.800. The molecule has 5 heteroatoms. The lowest BCUT2D eigenvalue weighted by atomic mass is 9.96. The minimum atomic E-state index is -1.44. The lowest BCUT2D eigenvalue weighted by molar-refractivity contribution is -0.163. The number of carbonyl (C=O) groups excluding carboxylic acids is 2. The molecule has 15 heavy (non-hydrogen) atoms. The van der Waals surface area contributed by atoms with Gasteiger partial charge in [0.15, 0.2) is 6.10 Å². The molecule has 0 aromatic heterocycles. The Hall–Kier alpha value is -1.10. The normalized spacial score (nSPS) is 14.1. The number of aliphatic hydroxyl groups excluding tert-OH is 1. The summed E-state index contributed by atoms with van der Waals surface area (Å²) in [5, 5.41) is 9.53. The Kier molecular flexibility index (Phi) is 6.70. The van der Waals surface area contributed by atoms with Gasteiger partial charge < -0.3 is 14.6 Å². The molecule has 1 N–H and O–H groups in total. The summed E-state index contributed by atoms with van der Waals surface area (Å²) in [6.07, 6.45) is 0.600. The van der Waals surface area contributed by atoms with E-state index in [1.807, 2.05) is 6.92 Å². The molecule has 0 aliphatic heterocycles. The van der Waals surface area contributed by atoms with Crippen LogP contribution < -0.4 is 0 Å². The molecule has 2 unspecified atom stereocenters. The number of aliphatic hydroxyl groups is 1. The monoisotopic (exact) mass is 218 g/mol. The predicted molar refractivity (Wildman–Crippen MR) is 53.1 cm³/mol. The molecule has 0 saturated heterocycles. The standard InChI is InChI=1S/C10H18O5/c1-4-5-6-7(9(12)14-2)8(11)10(13)15-3/h7-8,11H,4-6H2,1-3H3. The second-order valence-corrected chi connectivity index (χ2v) is 3.24. The Balaban J connectivity index is 4.46. The third-order valence-corrected chi connectivity index (χ3v) is 2.20. The molecule has 0 aromatic rings. The van der Waals surface area contributed by atoms with Crippen molar-refractivity contribution >= 4 is 11.9 Å². The number of hydrogen-bond donors (Lipinski definition) is 1. The Morgan fingerprint density at radius 1 is 1.20 bits per heavy atom. The van der Waals surface area contributed by atoms with Gasteiger partial charge in [0.05, 0.1) is 20.1 Å². The van der Waals surface area contributed by atoms with E-state index >= 15 is 0 Å². The van der Waals surface area contributed by atoms with Crippen LogP contribution in [0.1, 0.15) is 26.2 Å². The number of esters is 2. The predicted octanol–water partition coefficient (Wildman–Crippen LogP) is 0.500. The van der Waals surface area contributed by atoms with Crippen LogP contribution in [0.3, 0.4) is 0 Å². The van der Waals surface area contributed by atoms with Crippen LogP contribution in [0.2, 0.25) is 0 Å². The summed E-state index contributed by atoms with van der Waals surface area (Å²) in [7, 11) is 2.39. The molecule has 88 valence electrons. The molecule has 0 aromatic carbocycles. The van der Waals surface area contributed by atoms with E-state index in [-0.39, 0.29) is 0 Å². The third kappa shape index (κ3) is 4.29. The molecule has 0 spiro atoms. The van der Waals surface area contributed by atoms with Crippen LogP contribution in [0.15, 0.2) is 0 Å². The molecule has 5 nitrogen and oxygen atoms in total. The van der Waals surface area contributed by atoms with Crippen molar-refractivity contribution in [1.29, 1.82) is 0 Å². The first-order valence-electron chi connectivity index (χ1n) is 4.92. The van der Waals surface area contributed by atoms with Crippen molar-refractivity contribution < 1.29 is 24.2 Å². The van der Waals surface area contributed by atoms with Gasteiger partial charge in [0.2, 0.25) is 0 Å². The highest BCUT2D eigenvalue weighted by Crippen LogP contribution is 2.16. The third-order valence-electron chi connectivity index (χ3n) is 2.20. The molecule has 0 fully saturated rings. The quantitative estimate of drug-likeness (QED) is 0.657. The molecule has 0 rings (SSSR count). The number of carbonyl (C=O) groups is 2. The van der Waals surface area contributed by atoms with Gasteiger partial charge >= 0.3 is 11.9 Å². The zero-order valence-electron chi connectivity index (χ0n) is 9.36. The van der Waals surface area contributed by atoms with Gasteiger partial charge in [0.25, 0.3) is 0 Å². The van der Waals surface area contributed by atoms with E-state index in [0.29, 0.717) is 6.42 Å². The Labute approximate surface area is 89.4 Å². The Bertz CT molecular complexity index is 214. The summed E-state index contributed by atoms with van der Waals surface area (Å²) >= 11 is 0. The van der Waals surface area contributed by atoms with Crippen LogP contribution in [0.5, 0.6) is 0 Å². The molecule has 0 amide bonds. The summed E-state index contributed by atoms with van der Waals surface area (Å²) in [6.45, 7) is 1.96. The molecular weight excluding hydrogens is 200 g/mol. The SMILES string of the molecule is CCCCC(C(=O)OC)C(O)C(=O)OC. The summed E-state index contributed by atoms with van der Waals surface area (Å²) < 4.78 is 8.89. The molecule has 0 aliphatic rings. The maximum Gasteiger partial charge on any atom is 0.335 e. The molecule has 0 heterocycles. The van der Waals surface area contributed by atoms with Gasteiger partial charge in [0.1, 0.15) is 0 Å². The average Bonchev–Trinajstić information content (AvgIpc) is 2.27. The van der Waals surface area contributed by atoms with E-state index < -0.39 is 24.0 Å². The second kappa shape index (κ2) is 7.23. The summed E-state index contributed by atoms with van der Waals surface area (Å²) in [5.74, 6) is -2.22. The van der Waals surface area contributed by atoms with Gasteiger partial charge in [-0.15, -0.1) is 0 Å². The lowest BCUT2D eigenvalue weighted by Gasteiger charge is -2.18. The van der Waals surface area contributed by atoms with Gasteiger partial charge in [-0.2, -0.15) is 0 Å². The van der Waals surface area contributed by atoms with E-state index in [2.05, 4.69) is 9.47 Å². The first-order chi connectivity index (χ1) is 7.08. The van der Waals surface area contributed by atoms with Crippen molar-refractivity contribution in [2.75, 3.05) is 14.2 Å². The molecule has 2 atom stereocenters. The van der Waals surface area contributed by atoms with E-state index in [9.17, 15) is 14.7 Å². The number of hydrogen-bond acceptors (Lipinski definition) is 5. The fourth-order valence-corrected chi connectivity index (χ4v) is 1.27. The minimum absolute atomic E-state index is 0.416. The first kappa shape index (κ1) is 13.9. The number of methoxy groups -OCH3 is 2. The van der Waals surface area contributed by atoms with Crippen LogP contribution >= 0.6 is 0 Å². The fourth-order valence-electron chi connectivity index (χ4n) is 1.27. The van der Waals surface area contributed by atoms with E-state index in [1.165, 1.54) is 14.2 Å². The number of ether oxygens (including phenoxy) is 2. The average molecular weight is 218 g/mol. The van der Waals surface area contributed by atoms with Gasteiger partial charge in [-0.3, -0.25) is 4.79 Å². The highest BCUT2D eigenvalue weighted by atomic mass is 16.5. The minimum Gasteiger partial charge on any atom is -0.469 e. The van der Waals surface area contributed by atoms with E-state index in [0.717, 1.165) is 12.8 Å². The Morgan fingerprint density at radius 3 is 2.13 bits per heavy atom. The summed E-state index contributed by atoms with van der Waals surface area (Å²) in [5.41, 5.74) is 0. The van der Waals surface area contributed by atoms with Crippen molar-refractivity contribution in [3.05, 3.63) is 0 Å². The topological polar surface area (TPSA) is 72.8 Å².